The standard InChI is InChI=1S/C15H17ClFNO/c1-2-6-18-15(8-11-5-7-19-10-11)13-9-12(16)3-4-14(13)17/h3-5,7,9-10,15,18H,2,6,8H2,1H3. The van der Waals surface area contributed by atoms with Gasteiger partial charge in [0.2, 0.25) is 0 Å². The van der Waals surface area contributed by atoms with Gasteiger partial charge >= 0.3 is 0 Å². The van der Waals surface area contributed by atoms with E-state index in [1.54, 1.807) is 24.7 Å². The fourth-order valence-electron chi connectivity index (χ4n) is 2.04. The van der Waals surface area contributed by atoms with E-state index in [2.05, 4.69) is 12.2 Å². The summed E-state index contributed by atoms with van der Waals surface area (Å²) in [6.45, 7) is 2.91. The highest BCUT2D eigenvalue weighted by Gasteiger charge is 2.16. The SMILES string of the molecule is CCCNC(Cc1ccoc1)c1cc(Cl)ccc1F. The average molecular weight is 282 g/mol. The highest BCUT2D eigenvalue weighted by atomic mass is 35.5. The summed E-state index contributed by atoms with van der Waals surface area (Å²) < 4.78 is 19.0. The van der Waals surface area contributed by atoms with Crippen molar-refractivity contribution in [2.45, 2.75) is 25.8 Å². The Morgan fingerprint density at radius 1 is 1.37 bits per heavy atom. The Morgan fingerprint density at radius 2 is 2.21 bits per heavy atom. The van der Waals surface area contributed by atoms with Crippen LogP contribution in [-0.2, 0) is 6.42 Å². The number of nitrogens with one attached hydrogen (secondary N) is 1. The number of furan rings is 1. The molecule has 1 atom stereocenters. The summed E-state index contributed by atoms with van der Waals surface area (Å²) >= 11 is 5.96. The molecule has 0 aliphatic rings. The molecule has 0 aliphatic carbocycles. The molecule has 2 aromatic rings. The van der Waals surface area contributed by atoms with Crippen LogP contribution in [0.2, 0.25) is 5.02 Å². The predicted octanol–water partition coefficient (Wildman–Crippen LogP) is 4.36. The smallest absolute Gasteiger partial charge is 0.128 e. The molecule has 0 fully saturated rings. The van der Waals surface area contributed by atoms with Crippen molar-refractivity contribution in [2.24, 2.45) is 0 Å². The minimum atomic E-state index is -0.235. The van der Waals surface area contributed by atoms with Crippen molar-refractivity contribution in [3.8, 4) is 0 Å². The Labute approximate surface area is 117 Å². The zero-order chi connectivity index (χ0) is 13.7. The summed E-state index contributed by atoms with van der Waals surface area (Å²) in [4.78, 5) is 0. The van der Waals surface area contributed by atoms with Gasteiger partial charge in [0.05, 0.1) is 12.5 Å². The van der Waals surface area contributed by atoms with Crippen molar-refractivity contribution in [1.29, 1.82) is 0 Å². The van der Waals surface area contributed by atoms with Crippen molar-refractivity contribution in [1.82, 2.24) is 5.32 Å². The molecule has 0 radical (unpaired) electrons. The first-order valence-electron chi connectivity index (χ1n) is 6.40. The second-order valence-electron chi connectivity index (χ2n) is 4.51. The molecule has 2 rings (SSSR count). The molecule has 4 heteroatoms. The van der Waals surface area contributed by atoms with Crippen molar-refractivity contribution in [2.75, 3.05) is 6.54 Å². The van der Waals surface area contributed by atoms with Crippen LogP contribution >= 0.6 is 11.6 Å². The summed E-state index contributed by atoms with van der Waals surface area (Å²) in [6, 6.07) is 6.45. The zero-order valence-electron chi connectivity index (χ0n) is 10.8. The molecule has 0 saturated heterocycles. The molecule has 1 heterocycles. The van der Waals surface area contributed by atoms with E-state index in [1.807, 2.05) is 6.07 Å². The van der Waals surface area contributed by atoms with Crippen LogP contribution in [0.25, 0.3) is 0 Å². The third kappa shape index (κ3) is 3.82. The third-order valence-corrected chi connectivity index (χ3v) is 3.23. The maximum Gasteiger partial charge on any atom is 0.128 e. The maximum absolute atomic E-state index is 14.0. The van der Waals surface area contributed by atoms with Crippen molar-refractivity contribution in [3.05, 3.63) is 58.8 Å². The lowest BCUT2D eigenvalue weighted by Gasteiger charge is -2.19. The van der Waals surface area contributed by atoms with Gasteiger partial charge in [-0.1, -0.05) is 18.5 Å². The van der Waals surface area contributed by atoms with E-state index in [0.717, 1.165) is 18.5 Å². The van der Waals surface area contributed by atoms with E-state index in [-0.39, 0.29) is 11.9 Å². The molecule has 19 heavy (non-hydrogen) atoms. The Bertz CT molecular complexity index is 513. The van der Waals surface area contributed by atoms with E-state index < -0.39 is 0 Å². The molecule has 0 bridgehead atoms. The van der Waals surface area contributed by atoms with Gasteiger partial charge in [0.15, 0.2) is 0 Å². The van der Waals surface area contributed by atoms with Crippen LogP contribution in [0, 0.1) is 5.82 Å². The highest BCUT2D eigenvalue weighted by molar-refractivity contribution is 6.30. The topological polar surface area (TPSA) is 25.2 Å². The first kappa shape index (κ1) is 14.1. The van der Waals surface area contributed by atoms with E-state index in [1.165, 1.54) is 6.07 Å². The third-order valence-electron chi connectivity index (χ3n) is 2.99. The molecule has 102 valence electrons. The van der Waals surface area contributed by atoms with Gasteiger partial charge in [-0.05, 0) is 49.2 Å². The van der Waals surface area contributed by atoms with Gasteiger partial charge < -0.3 is 9.73 Å². The number of rotatable bonds is 6. The van der Waals surface area contributed by atoms with Crippen LogP contribution < -0.4 is 5.32 Å². The van der Waals surface area contributed by atoms with Crippen LogP contribution in [0.5, 0.6) is 0 Å². The molecule has 1 aromatic carbocycles. The van der Waals surface area contributed by atoms with Crippen LogP contribution in [0.3, 0.4) is 0 Å². The minimum Gasteiger partial charge on any atom is -0.472 e. The van der Waals surface area contributed by atoms with Crippen molar-refractivity contribution >= 4 is 11.6 Å². The fraction of sp³-hybridized carbons (Fsp3) is 0.333. The van der Waals surface area contributed by atoms with Gasteiger partial charge in [-0.25, -0.2) is 4.39 Å². The van der Waals surface area contributed by atoms with Gasteiger partial charge in [0, 0.05) is 16.6 Å². The Kier molecular flexibility index (Phi) is 5.00. The number of hydrogen-bond acceptors (Lipinski definition) is 2. The maximum atomic E-state index is 14.0. The van der Waals surface area contributed by atoms with Crippen molar-refractivity contribution in [3.63, 3.8) is 0 Å². The normalized spacial score (nSPS) is 12.6. The van der Waals surface area contributed by atoms with Crippen LogP contribution in [0.15, 0.2) is 41.2 Å². The average Bonchev–Trinajstić information content (AvgIpc) is 2.90. The molecular weight excluding hydrogens is 265 g/mol. The Balaban J connectivity index is 2.23. The monoisotopic (exact) mass is 281 g/mol. The molecule has 1 N–H and O–H groups in total. The lowest BCUT2D eigenvalue weighted by molar-refractivity contribution is 0.493. The summed E-state index contributed by atoms with van der Waals surface area (Å²) in [5, 5.41) is 3.90. The van der Waals surface area contributed by atoms with Gasteiger partial charge in [-0.2, -0.15) is 0 Å². The van der Waals surface area contributed by atoms with E-state index in [9.17, 15) is 4.39 Å². The van der Waals surface area contributed by atoms with Gasteiger partial charge in [0.1, 0.15) is 5.82 Å². The summed E-state index contributed by atoms with van der Waals surface area (Å²) in [5.74, 6) is -0.235. The fourth-order valence-corrected chi connectivity index (χ4v) is 2.22. The molecule has 0 amide bonds. The van der Waals surface area contributed by atoms with E-state index in [0.29, 0.717) is 17.0 Å². The van der Waals surface area contributed by atoms with Gasteiger partial charge in [0.25, 0.3) is 0 Å². The minimum absolute atomic E-state index is 0.101. The molecule has 1 aromatic heterocycles. The quantitative estimate of drug-likeness (QED) is 0.851. The molecular formula is C15H17ClFNO. The van der Waals surface area contributed by atoms with Gasteiger partial charge in [-0.3, -0.25) is 0 Å². The lowest BCUT2D eigenvalue weighted by atomic mass is 10.00. The van der Waals surface area contributed by atoms with Crippen molar-refractivity contribution < 1.29 is 8.81 Å². The number of hydrogen-bond donors (Lipinski definition) is 1. The van der Waals surface area contributed by atoms with Crippen LogP contribution in [0.4, 0.5) is 4.39 Å². The molecule has 1 unspecified atom stereocenters. The summed E-state index contributed by atoms with van der Waals surface area (Å²) in [5.41, 5.74) is 1.63. The predicted molar refractivity (Wildman–Crippen MR) is 74.9 cm³/mol. The van der Waals surface area contributed by atoms with Crippen LogP contribution in [-0.4, -0.2) is 6.54 Å². The second kappa shape index (κ2) is 6.73. The summed E-state index contributed by atoms with van der Waals surface area (Å²) in [7, 11) is 0. The Hall–Kier alpha value is -1.32. The highest BCUT2D eigenvalue weighted by Crippen LogP contribution is 2.24. The first-order chi connectivity index (χ1) is 9.20. The zero-order valence-corrected chi connectivity index (χ0v) is 11.6. The van der Waals surface area contributed by atoms with Crippen LogP contribution in [0.1, 0.15) is 30.5 Å². The largest absolute Gasteiger partial charge is 0.472 e. The number of halogens is 2. The number of benzene rings is 1. The lowest BCUT2D eigenvalue weighted by Crippen LogP contribution is -2.25. The summed E-state index contributed by atoms with van der Waals surface area (Å²) in [6.07, 6.45) is 4.97. The first-order valence-corrected chi connectivity index (χ1v) is 6.78. The van der Waals surface area contributed by atoms with E-state index >= 15 is 0 Å². The molecule has 0 spiro atoms. The second-order valence-corrected chi connectivity index (χ2v) is 4.94. The molecule has 0 saturated carbocycles. The Morgan fingerprint density at radius 3 is 2.89 bits per heavy atom. The molecule has 2 nitrogen and oxygen atoms in total. The van der Waals surface area contributed by atoms with E-state index in [4.69, 9.17) is 16.0 Å². The van der Waals surface area contributed by atoms with Gasteiger partial charge in [-0.15, -0.1) is 0 Å². The molecule has 0 aliphatic heterocycles.